The highest BCUT2D eigenvalue weighted by atomic mass is 32.2. The summed E-state index contributed by atoms with van der Waals surface area (Å²) in [4.78, 5) is 60.2. The molecule has 316 valence electrons. The van der Waals surface area contributed by atoms with Crippen LogP contribution in [-0.4, -0.2) is 70.8 Å². The number of allylic oxidation sites excluding steroid dienone is 1. The topological polar surface area (TPSA) is 173 Å². The molecule has 4 amide bonds. The van der Waals surface area contributed by atoms with E-state index in [1.54, 1.807) is 40.1 Å². The molecular formula is C44H67N5O7S. The van der Waals surface area contributed by atoms with Crippen molar-refractivity contribution in [2.75, 3.05) is 13.7 Å². The van der Waals surface area contributed by atoms with Crippen LogP contribution in [0.15, 0.2) is 61.1 Å². The number of nitrogens with one attached hydrogen (secondary N) is 3. The zero-order chi connectivity index (χ0) is 44.0. The molecule has 1 aromatic carbocycles. The number of methoxy groups -OCH3 is 1. The average Bonchev–Trinajstić information content (AvgIpc) is 4.14. The molecule has 3 atom stereocenters. The summed E-state index contributed by atoms with van der Waals surface area (Å²) in [6.45, 7) is 20.2. The first-order valence-electron chi connectivity index (χ1n) is 19.1. The Morgan fingerprint density at radius 3 is 2.11 bits per heavy atom. The highest BCUT2D eigenvalue weighted by Gasteiger charge is 2.36. The third kappa shape index (κ3) is 24.9. The molecule has 3 aliphatic rings. The van der Waals surface area contributed by atoms with Crippen molar-refractivity contribution in [3.05, 3.63) is 66.6 Å². The van der Waals surface area contributed by atoms with E-state index >= 15 is 0 Å². The molecule has 5 rings (SSSR count). The lowest BCUT2D eigenvalue weighted by Crippen LogP contribution is -2.46. The molecule has 0 radical (unpaired) electrons. The van der Waals surface area contributed by atoms with Gasteiger partial charge in [0.1, 0.15) is 17.4 Å². The molecule has 2 saturated carbocycles. The van der Waals surface area contributed by atoms with Crippen LogP contribution in [-0.2, 0) is 19.1 Å². The first-order chi connectivity index (χ1) is 27.2. The predicted molar refractivity (Wildman–Crippen MR) is 235 cm³/mol. The summed E-state index contributed by atoms with van der Waals surface area (Å²) in [7, 11) is 1.58. The smallest absolute Gasteiger partial charge is 0.405 e. The molecule has 57 heavy (non-hydrogen) atoms. The molecular weight excluding hydrogens is 743 g/mol. The minimum absolute atomic E-state index is 0.0609. The number of aromatic amines is 1. The number of benzene rings is 1. The third-order valence-corrected chi connectivity index (χ3v) is 9.32. The number of aromatic nitrogens is 1. The minimum atomic E-state index is -0.725. The van der Waals surface area contributed by atoms with Gasteiger partial charge < -0.3 is 35.1 Å². The number of fused-ring (bicyclic) bond motifs is 1. The number of H-pyrrole nitrogens is 1. The zero-order valence-corrected chi connectivity index (χ0v) is 35.7. The molecule has 0 unspecified atom stereocenters. The van der Waals surface area contributed by atoms with Gasteiger partial charge in [-0.1, -0.05) is 51.0 Å². The Bertz CT molecular complexity index is 1570. The Kier molecular flexibility index (Phi) is 29.4. The van der Waals surface area contributed by atoms with E-state index in [1.165, 1.54) is 24.8 Å². The first-order valence-corrected chi connectivity index (χ1v) is 19.9. The van der Waals surface area contributed by atoms with Gasteiger partial charge in [0.05, 0.1) is 12.5 Å². The van der Waals surface area contributed by atoms with Crippen LogP contribution in [0.4, 0.5) is 4.79 Å². The fourth-order valence-electron chi connectivity index (χ4n) is 5.25. The van der Waals surface area contributed by atoms with Crippen LogP contribution < -0.4 is 26.1 Å². The van der Waals surface area contributed by atoms with E-state index in [1.807, 2.05) is 29.2 Å². The summed E-state index contributed by atoms with van der Waals surface area (Å²) in [6, 6.07) is 7.49. The Labute approximate surface area is 345 Å². The molecule has 13 heteroatoms. The lowest BCUT2D eigenvalue weighted by atomic mass is 9.96. The lowest BCUT2D eigenvalue weighted by Gasteiger charge is -2.25. The predicted octanol–water partition coefficient (Wildman–Crippen LogP) is 7.54. The second-order valence-corrected chi connectivity index (χ2v) is 15.4. The van der Waals surface area contributed by atoms with Gasteiger partial charge in [-0.05, 0) is 95.6 Å². The Balaban J connectivity index is 0. The molecule has 3 fully saturated rings. The number of hydrogen-bond acceptors (Lipinski definition) is 8. The number of pyridine rings is 1. The standard InChI is InChI=1S/C19H32N2O2.C10H9NO2.C5H11NO2.C4H7NOS.C2H4.2C2H2/c1-4-14(2)7-5-8-15(3)13-18(22)21-12-6-9-17(21)19(23)20-16-10-11-16;1-13-9-6-11-10(12)8-5-3-2-4-7(8)9;1-5(2,3)8-4(6)7;6-3-5-7-4-1-2-4;3*1-2/h4,14-17H,1,5-13H2,2-3H3,(H,20,23);2-6H,1H3,(H,11,12);1-3H3,(H2,6,7);3-4H,1-2H2,(H,5,6);1-2H2;2*1-2H/t14-,15+,17-;;;;;;/m0....../s1. The van der Waals surface area contributed by atoms with Crippen molar-refractivity contribution in [2.24, 2.45) is 17.6 Å². The molecule has 1 aliphatic heterocycles. The number of hydrogen-bond donors (Lipinski definition) is 4. The number of terminal acetylenes is 2. The zero-order valence-electron chi connectivity index (χ0n) is 34.9. The third-order valence-electron chi connectivity index (χ3n) is 8.29. The number of carbonyl (C=O) groups is 4. The quantitative estimate of drug-likeness (QED) is 0.0696. The minimum Gasteiger partial charge on any atom is -0.495 e. The molecule has 2 heterocycles. The number of primary amides is 1. The van der Waals surface area contributed by atoms with E-state index in [9.17, 15) is 24.0 Å². The van der Waals surface area contributed by atoms with E-state index < -0.39 is 11.7 Å². The van der Waals surface area contributed by atoms with Crippen molar-refractivity contribution < 1.29 is 28.7 Å². The maximum atomic E-state index is 12.6. The average molecular weight is 810 g/mol. The van der Waals surface area contributed by atoms with Crippen molar-refractivity contribution in [1.82, 2.24) is 19.9 Å². The van der Waals surface area contributed by atoms with Crippen LogP contribution in [0.25, 0.3) is 10.8 Å². The van der Waals surface area contributed by atoms with E-state index in [2.05, 4.69) is 79.0 Å². The largest absolute Gasteiger partial charge is 0.495 e. The van der Waals surface area contributed by atoms with Crippen molar-refractivity contribution in [3.63, 3.8) is 0 Å². The number of likely N-dealkylation sites (tertiary alicyclic amines) is 1. The Morgan fingerprint density at radius 1 is 1.04 bits per heavy atom. The molecule has 1 saturated heterocycles. The van der Waals surface area contributed by atoms with Crippen molar-refractivity contribution in [3.8, 4) is 31.4 Å². The number of rotatable bonds is 13. The lowest BCUT2D eigenvalue weighted by molar-refractivity contribution is -0.139. The summed E-state index contributed by atoms with van der Waals surface area (Å²) in [5, 5.41) is 5.27. The molecule has 12 nitrogen and oxygen atoms in total. The summed E-state index contributed by atoms with van der Waals surface area (Å²) in [5.74, 6) is 1.84. The van der Waals surface area contributed by atoms with Crippen molar-refractivity contribution >= 4 is 47.0 Å². The van der Waals surface area contributed by atoms with Crippen LogP contribution in [0.1, 0.15) is 98.8 Å². The molecule has 2 aromatic rings. The van der Waals surface area contributed by atoms with Crippen LogP contribution in [0, 0.1) is 37.5 Å². The van der Waals surface area contributed by atoms with Gasteiger partial charge in [0, 0.05) is 35.8 Å². The highest BCUT2D eigenvalue weighted by Crippen LogP contribution is 2.31. The highest BCUT2D eigenvalue weighted by molar-refractivity contribution is 7.98. The van der Waals surface area contributed by atoms with Gasteiger partial charge in [-0.2, -0.15) is 0 Å². The SMILES string of the molecule is C#C.C#C.C=C.C=C[C@H](C)CCC[C@@H](C)CC(=O)N1CCC[C@H]1C(=O)NC1CC1.CC(C)(C)OC(N)=O.COc1c[nH]c(=O)c2ccccc12.O=CNSC1CC1. The number of ether oxygens (including phenoxy) is 2. The Hall–Kier alpha value is -5.14. The van der Waals surface area contributed by atoms with Gasteiger partial charge in [-0.25, -0.2) is 4.79 Å². The van der Waals surface area contributed by atoms with Crippen molar-refractivity contribution in [1.29, 1.82) is 0 Å². The summed E-state index contributed by atoms with van der Waals surface area (Å²) >= 11 is 1.52. The van der Waals surface area contributed by atoms with Crippen LogP contribution in [0.5, 0.6) is 5.75 Å². The molecule has 0 spiro atoms. The normalized spacial score (nSPS) is 15.8. The number of amides is 4. The molecule has 2 aliphatic carbocycles. The summed E-state index contributed by atoms with van der Waals surface area (Å²) in [5.41, 5.74) is 4.18. The van der Waals surface area contributed by atoms with Gasteiger partial charge in [0.2, 0.25) is 18.2 Å². The monoisotopic (exact) mass is 809 g/mol. The maximum Gasteiger partial charge on any atom is 0.405 e. The second-order valence-electron chi connectivity index (χ2n) is 14.3. The van der Waals surface area contributed by atoms with Gasteiger partial charge in [0.15, 0.2) is 0 Å². The number of nitrogens with two attached hydrogens (primary N) is 1. The Morgan fingerprint density at radius 2 is 1.63 bits per heavy atom. The van der Waals surface area contributed by atoms with Crippen LogP contribution in [0.2, 0.25) is 0 Å². The molecule has 5 N–H and O–H groups in total. The molecule has 0 bridgehead atoms. The second kappa shape index (κ2) is 31.0. The van der Waals surface area contributed by atoms with Gasteiger partial charge in [-0.15, -0.1) is 45.4 Å². The van der Waals surface area contributed by atoms with Gasteiger partial charge in [-0.3, -0.25) is 19.2 Å². The van der Waals surface area contributed by atoms with Gasteiger partial charge in [0.25, 0.3) is 5.56 Å². The fourth-order valence-corrected chi connectivity index (χ4v) is 5.87. The number of carbonyl (C=O) groups excluding carboxylic acids is 4. The molecule has 1 aromatic heterocycles. The first kappa shape index (κ1) is 54.0. The summed E-state index contributed by atoms with van der Waals surface area (Å²) < 4.78 is 12.2. The fraction of sp³-hybridized carbons (Fsp3) is 0.523. The summed E-state index contributed by atoms with van der Waals surface area (Å²) in [6.07, 6.45) is 29.9. The van der Waals surface area contributed by atoms with Crippen molar-refractivity contribution in [2.45, 2.75) is 122 Å². The van der Waals surface area contributed by atoms with E-state index in [0.717, 1.165) is 68.5 Å². The number of nitrogens with zero attached hydrogens (tertiary/aromatic N) is 1. The van der Waals surface area contributed by atoms with E-state index in [-0.39, 0.29) is 23.4 Å². The van der Waals surface area contributed by atoms with E-state index in [4.69, 9.17) is 10.5 Å². The maximum absolute atomic E-state index is 12.6. The van der Waals surface area contributed by atoms with Gasteiger partial charge >= 0.3 is 6.09 Å². The van der Waals surface area contributed by atoms with Crippen LogP contribution in [0.3, 0.4) is 0 Å². The van der Waals surface area contributed by atoms with Crippen LogP contribution >= 0.6 is 11.9 Å². The van der Waals surface area contributed by atoms with E-state index in [0.29, 0.717) is 35.4 Å².